The summed E-state index contributed by atoms with van der Waals surface area (Å²) >= 11 is 5.17. The van der Waals surface area contributed by atoms with Crippen molar-refractivity contribution in [3.8, 4) is 0 Å². The largest absolute Gasteiger partial charge is 0.329 e. The summed E-state index contributed by atoms with van der Waals surface area (Å²) in [5.41, 5.74) is 9.05. The van der Waals surface area contributed by atoms with E-state index in [2.05, 4.69) is 26.4 Å². The van der Waals surface area contributed by atoms with E-state index < -0.39 is 0 Å². The molecule has 2 aromatic rings. The fraction of sp³-hybridized carbons (Fsp3) is 0.467. The molecule has 0 aliphatic carbocycles. The molecule has 9 heteroatoms. The Morgan fingerprint density at radius 1 is 1.25 bits per heavy atom. The number of carbonyl (C=O) groups excluding carboxylic acids is 1. The second-order valence-electron chi connectivity index (χ2n) is 5.49. The van der Waals surface area contributed by atoms with Crippen molar-refractivity contribution >= 4 is 28.9 Å². The van der Waals surface area contributed by atoms with Crippen molar-refractivity contribution in [3.63, 3.8) is 0 Å². The smallest absolute Gasteiger partial charge is 0.240 e. The Hall–Kier alpha value is -2.42. The molecule has 0 spiro atoms. The van der Waals surface area contributed by atoms with Crippen LogP contribution >= 0.6 is 12.2 Å². The summed E-state index contributed by atoms with van der Waals surface area (Å²) in [6.45, 7) is 9.18. The number of hydrogen-bond donors (Lipinski definition) is 3. The number of carbonyl (C=O) groups is 1. The molecule has 1 amide bonds. The summed E-state index contributed by atoms with van der Waals surface area (Å²) in [5.74, 6) is -0.160. The molecular formula is C15H23N7OS. The van der Waals surface area contributed by atoms with Gasteiger partial charge in [0, 0.05) is 18.7 Å². The van der Waals surface area contributed by atoms with Gasteiger partial charge in [-0.3, -0.25) is 25.0 Å². The number of nitrogens with one attached hydrogen (secondary N) is 3. The van der Waals surface area contributed by atoms with E-state index in [-0.39, 0.29) is 5.91 Å². The highest BCUT2D eigenvalue weighted by Gasteiger charge is 2.08. The molecule has 3 N–H and O–H groups in total. The minimum absolute atomic E-state index is 0.160. The van der Waals surface area contributed by atoms with E-state index in [0.717, 1.165) is 29.3 Å². The van der Waals surface area contributed by atoms with E-state index >= 15 is 0 Å². The van der Waals surface area contributed by atoms with Crippen molar-refractivity contribution in [2.24, 2.45) is 0 Å². The number of nitrogens with zero attached hydrogens (tertiary/aromatic N) is 4. The van der Waals surface area contributed by atoms with Gasteiger partial charge in [0.15, 0.2) is 5.11 Å². The van der Waals surface area contributed by atoms with Crippen LogP contribution in [0.3, 0.4) is 0 Å². The van der Waals surface area contributed by atoms with Gasteiger partial charge in [0.2, 0.25) is 5.91 Å². The Morgan fingerprint density at radius 3 is 2.58 bits per heavy atom. The van der Waals surface area contributed by atoms with Crippen molar-refractivity contribution < 1.29 is 4.79 Å². The molecule has 0 aliphatic rings. The maximum atomic E-state index is 11.9. The molecule has 0 saturated carbocycles. The summed E-state index contributed by atoms with van der Waals surface area (Å²) in [7, 11) is 0. The van der Waals surface area contributed by atoms with Crippen LogP contribution in [-0.4, -0.2) is 30.6 Å². The SMILES string of the molecule is CCn1ncc(NC(=S)NNC(=O)CCn2nc(C)cc2C)c1C. The van der Waals surface area contributed by atoms with Crippen LogP contribution in [0.4, 0.5) is 5.69 Å². The van der Waals surface area contributed by atoms with Gasteiger partial charge in [-0.15, -0.1) is 0 Å². The fourth-order valence-corrected chi connectivity index (χ4v) is 2.50. The van der Waals surface area contributed by atoms with Crippen LogP contribution in [0.5, 0.6) is 0 Å². The van der Waals surface area contributed by atoms with Crippen molar-refractivity contribution in [2.45, 2.75) is 47.2 Å². The number of aryl methyl sites for hydroxylation is 4. The molecule has 2 heterocycles. The lowest BCUT2D eigenvalue weighted by molar-refractivity contribution is -0.121. The van der Waals surface area contributed by atoms with Crippen LogP contribution in [0.1, 0.15) is 30.4 Å². The van der Waals surface area contributed by atoms with E-state index in [1.807, 2.05) is 43.1 Å². The maximum Gasteiger partial charge on any atom is 0.240 e. The lowest BCUT2D eigenvalue weighted by atomic mass is 10.4. The van der Waals surface area contributed by atoms with Gasteiger partial charge >= 0.3 is 0 Å². The molecule has 0 bridgehead atoms. The first kappa shape index (κ1) is 17.9. The summed E-state index contributed by atoms with van der Waals surface area (Å²) in [6, 6.07) is 1.98. The molecule has 0 aliphatic heterocycles. The zero-order chi connectivity index (χ0) is 17.7. The van der Waals surface area contributed by atoms with Crippen LogP contribution in [0.25, 0.3) is 0 Å². The van der Waals surface area contributed by atoms with Gasteiger partial charge in [-0.25, -0.2) is 0 Å². The van der Waals surface area contributed by atoms with Gasteiger partial charge in [0.1, 0.15) is 0 Å². The lowest BCUT2D eigenvalue weighted by Crippen LogP contribution is -2.44. The zero-order valence-corrected chi connectivity index (χ0v) is 15.2. The van der Waals surface area contributed by atoms with Crippen molar-refractivity contribution in [3.05, 3.63) is 29.3 Å². The fourth-order valence-electron chi connectivity index (χ4n) is 2.34. The molecule has 8 nitrogen and oxygen atoms in total. The average molecular weight is 349 g/mol. The van der Waals surface area contributed by atoms with E-state index in [4.69, 9.17) is 12.2 Å². The predicted molar refractivity (Wildman–Crippen MR) is 96.5 cm³/mol. The molecule has 0 atom stereocenters. The van der Waals surface area contributed by atoms with Crippen LogP contribution < -0.4 is 16.2 Å². The van der Waals surface area contributed by atoms with E-state index in [0.29, 0.717) is 18.1 Å². The monoisotopic (exact) mass is 349 g/mol. The summed E-state index contributed by atoms with van der Waals surface area (Å²) in [6.07, 6.45) is 2.02. The minimum Gasteiger partial charge on any atom is -0.329 e. The molecule has 130 valence electrons. The standard InChI is InChI=1S/C15H23N7OS/c1-5-21-12(4)13(9-16-21)17-15(24)19-18-14(23)6-7-22-11(3)8-10(2)20-22/h8-9H,5-7H2,1-4H3,(H,18,23)(H2,17,19,24). The minimum atomic E-state index is -0.160. The van der Waals surface area contributed by atoms with Crippen LogP contribution in [0.15, 0.2) is 12.3 Å². The van der Waals surface area contributed by atoms with E-state index in [1.54, 1.807) is 6.20 Å². The Kier molecular flexibility index (Phi) is 5.91. The maximum absolute atomic E-state index is 11.9. The second kappa shape index (κ2) is 7.91. The molecule has 2 aromatic heterocycles. The third kappa shape index (κ3) is 4.54. The van der Waals surface area contributed by atoms with E-state index in [1.165, 1.54) is 0 Å². The van der Waals surface area contributed by atoms with Gasteiger partial charge in [-0.1, -0.05) is 0 Å². The molecular weight excluding hydrogens is 326 g/mol. The summed E-state index contributed by atoms with van der Waals surface area (Å²) < 4.78 is 3.67. The Morgan fingerprint density at radius 2 is 2.00 bits per heavy atom. The van der Waals surface area contributed by atoms with Gasteiger partial charge in [-0.05, 0) is 46.0 Å². The summed E-state index contributed by atoms with van der Waals surface area (Å²) in [4.78, 5) is 11.9. The number of amides is 1. The molecule has 0 fully saturated rings. The number of rotatable bonds is 5. The lowest BCUT2D eigenvalue weighted by Gasteiger charge is -2.11. The number of anilines is 1. The number of aromatic nitrogens is 4. The topological polar surface area (TPSA) is 88.8 Å². The highest BCUT2D eigenvalue weighted by molar-refractivity contribution is 7.80. The second-order valence-corrected chi connectivity index (χ2v) is 5.90. The Labute approximate surface area is 146 Å². The Bertz CT molecular complexity index is 734. The molecule has 0 radical (unpaired) electrons. The Balaban J connectivity index is 1.75. The first-order valence-corrected chi connectivity index (χ1v) is 8.20. The average Bonchev–Trinajstić information content (AvgIpc) is 3.05. The highest BCUT2D eigenvalue weighted by Crippen LogP contribution is 2.12. The third-order valence-electron chi connectivity index (χ3n) is 3.62. The zero-order valence-electron chi connectivity index (χ0n) is 14.4. The normalized spacial score (nSPS) is 10.5. The molecule has 0 aromatic carbocycles. The van der Waals surface area contributed by atoms with Gasteiger partial charge in [-0.2, -0.15) is 10.2 Å². The van der Waals surface area contributed by atoms with Crippen LogP contribution in [0, 0.1) is 20.8 Å². The third-order valence-corrected chi connectivity index (χ3v) is 3.82. The summed E-state index contributed by atoms with van der Waals surface area (Å²) in [5, 5.41) is 11.9. The molecule has 2 rings (SSSR count). The predicted octanol–water partition coefficient (Wildman–Crippen LogP) is 1.43. The van der Waals surface area contributed by atoms with Gasteiger partial charge in [0.25, 0.3) is 0 Å². The number of thiocarbonyl (C=S) groups is 1. The van der Waals surface area contributed by atoms with Crippen molar-refractivity contribution in [1.29, 1.82) is 0 Å². The van der Waals surface area contributed by atoms with Crippen LogP contribution in [-0.2, 0) is 17.9 Å². The van der Waals surface area contributed by atoms with Gasteiger partial charge < -0.3 is 5.32 Å². The number of hydrazine groups is 1. The van der Waals surface area contributed by atoms with Gasteiger partial charge in [0.05, 0.1) is 29.8 Å². The molecule has 24 heavy (non-hydrogen) atoms. The number of hydrogen-bond acceptors (Lipinski definition) is 4. The first-order chi connectivity index (χ1) is 11.4. The quantitative estimate of drug-likeness (QED) is 0.559. The van der Waals surface area contributed by atoms with Crippen LogP contribution in [0.2, 0.25) is 0 Å². The van der Waals surface area contributed by atoms with Crippen molar-refractivity contribution in [2.75, 3.05) is 5.32 Å². The highest BCUT2D eigenvalue weighted by atomic mass is 32.1. The molecule has 0 saturated heterocycles. The molecule has 0 unspecified atom stereocenters. The van der Waals surface area contributed by atoms with Crippen molar-refractivity contribution in [1.82, 2.24) is 30.4 Å². The van der Waals surface area contributed by atoms with E-state index in [9.17, 15) is 4.79 Å². The first-order valence-electron chi connectivity index (χ1n) is 7.80.